The highest BCUT2D eigenvalue weighted by atomic mass is 16.5. The first-order chi connectivity index (χ1) is 29.0. The van der Waals surface area contributed by atoms with Crippen molar-refractivity contribution in [2.45, 2.75) is 302 Å². The van der Waals surface area contributed by atoms with Gasteiger partial charge in [-0.2, -0.15) is 0 Å². The van der Waals surface area contributed by atoms with E-state index < -0.39 is 12.1 Å². The molecule has 3 N–H and O–H groups in total. The molecular formula is C53H103NO5. The van der Waals surface area contributed by atoms with Crippen molar-refractivity contribution in [2.24, 2.45) is 0 Å². The third-order valence-corrected chi connectivity index (χ3v) is 12.3. The summed E-state index contributed by atoms with van der Waals surface area (Å²) in [5.41, 5.74) is 0. The standard InChI is InChI=1S/C53H103NO5/c1-3-5-7-9-11-13-15-22-27-31-35-39-43-47-53(58)59-48-44-40-36-32-28-24-21-19-17-18-20-23-26-30-34-38-42-46-52(57)54-50(49-55)51(56)45-41-37-33-29-25-16-14-12-10-8-6-4-2/h13,15,50-51,55-56H,3-12,14,16-49H2,1-2H3,(H,54,57)/b15-13-. The van der Waals surface area contributed by atoms with E-state index in [2.05, 4.69) is 31.3 Å². The van der Waals surface area contributed by atoms with Gasteiger partial charge in [0.1, 0.15) is 0 Å². The first-order valence-electron chi connectivity index (χ1n) is 26.4. The third kappa shape index (κ3) is 45.9. The summed E-state index contributed by atoms with van der Waals surface area (Å²) >= 11 is 0. The summed E-state index contributed by atoms with van der Waals surface area (Å²) in [5.74, 6) is -0.0442. The third-order valence-electron chi connectivity index (χ3n) is 12.3. The molecule has 6 nitrogen and oxygen atoms in total. The van der Waals surface area contributed by atoms with Crippen LogP contribution in [0, 0.1) is 0 Å². The number of rotatable bonds is 49. The van der Waals surface area contributed by atoms with Crippen molar-refractivity contribution < 1.29 is 24.5 Å². The van der Waals surface area contributed by atoms with Gasteiger partial charge >= 0.3 is 5.97 Å². The molecule has 0 saturated carbocycles. The first-order valence-corrected chi connectivity index (χ1v) is 26.4. The van der Waals surface area contributed by atoms with Crippen LogP contribution < -0.4 is 5.32 Å². The van der Waals surface area contributed by atoms with Crippen LogP contribution in [0.4, 0.5) is 0 Å². The van der Waals surface area contributed by atoms with E-state index in [4.69, 9.17) is 4.74 Å². The summed E-state index contributed by atoms with van der Waals surface area (Å²) in [5, 5.41) is 23.2. The lowest BCUT2D eigenvalue weighted by molar-refractivity contribution is -0.143. The maximum atomic E-state index is 12.4. The van der Waals surface area contributed by atoms with Crippen LogP contribution >= 0.6 is 0 Å². The summed E-state index contributed by atoms with van der Waals surface area (Å²) in [7, 11) is 0. The van der Waals surface area contributed by atoms with Crippen molar-refractivity contribution in [3.05, 3.63) is 12.2 Å². The summed E-state index contributed by atoms with van der Waals surface area (Å²) in [6.07, 6.45) is 56.1. The zero-order chi connectivity index (χ0) is 43.0. The molecule has 0 radical (unpaired) electrons. The number of ether oxygens (including phenoxy) is 1. The topological polar surface area (TPSA) is 95.9 Å². The van der Waals surface area contributed by atoms with Crippen molar-refractivity contribution in [3.63, 3.8) is 0 Å². The van der Waals surface area contributed by atoms with E-state index in [1.54, 1.807) is 0 Å². The highest BCUT2D eigenvalue weighted by molar-refractivity contribution is 5.76. The van der Waals surface area contributed by atoms with Crippen LogP contribution in [0.5, 0.6) is 0 Å². The minimum absolute atomic E-state index is 0.00377. The maximum Gasteiger partial charge on any atom is 0.305 e. The number of nitrogens with one attached hydrogen (secondary N) is 1. The molecule has 0 aliphatic carbocycles. The van der Waals surface area contributed by atoms with Crippen LogP contribution in [0.2, 0.25) is 0 Å². The molecule has 6 heteroatoms. The summed E-state index contributed by atoms with van der Waals surface area (Å²) in [6.45, 7) is 4.92. The fourth-order valence-corrected chi connectivity index (χ4v) is 8.22. The Morgan fingerprint density at radius 3 is 1.22 bits per heavy atom. The molecule has 0 fully saturated rings. The maximum absolute atomic E-state index is 12.4. The van der Waals surface area contributed by atoms with E-state index in [1.165, 1.54) is 212 Å². The quantitative estimate of drug-likeness (QED) is 0.0322. The van der Waals surface area contributed by atoms with Gasteiger partial charge in [-0.3, -0.25) is 9.59 Å². The van der Waals surface area contributed by atoms with Crippen molar-refractivity contribution in [3.8, 4) is 0 Å². The van der Waals surface area contributed by atoms with Crippen molar-refractivity contribution >= 4 is 11.9 Å². The molecule has 1 amide bonds. The van der Waals surface area contributed by atoms with Gasteiger partial charge in [-0.05, 0) is 51.4 Å². The number of aliphatic hydroxyl groups excluding tert-OH is 2. The van der Waals surface area contributed by atoms with Crippen molar-refractivity contribution in [1.82, 2.24) is 5.32 Å². The SMILES string of the molecule is CCCCCC/C=C\CCCCCCCC(=O)OCCCCCCCCCCCCCCCCCCCC(=O)NC(CO)C(O)CCCCCCCCCCCCCC. The Bertz CT molecular complexity index is 878. The number of unbranched alkanes of at least 4 members (excludes halogenated alkanes) is 36. The van der Waals surface area contributed by atoms with E-state index in [1.807, 2.05) is 0 Å². The first kappa shape index (κ1) is 57.6. The molecule has 0 saturated heterocycles. The van der Waals surface area contributed by atoms with Gasteiger partial charge in [0.15, 0.2) is 0 Å². The van der Waals surface area contributed by atoms with Gasteiger partial charge in [0.05, 0.1) is 25.4 Å². The van der Waals surface area contributed by atoms with E-state index in [9.17, 15) is 19.8 Å². The average molecular weight is 834 g/mol. The lowest BCUT2D eigenvalue weighted by Crippen LogP contribution is -2.45. The van der Waals surface area contributed by atoms with Gasteiger partial charge in [0.25, 0.3) is 0 Å². The van der Waals surface area contributed by atoms with Crippen molar-refractivity contribution in [1.29, 1.82) is 0 Å². The predicted molar refractivity (Wildman–Crippen MR) is 255 cm³/mol. The van der Waals surface area contributed by atoms with Gasteiger partial charge < -0.3 is 20.3 Å². The lowest BCUT2D eigenvalue weighted by Gasteiger charge is -2.22. The molecule has 350 valence electrons. The largest absolute Gasteiger partial charge is 0.466 e. The van der Waals surface area contributed by atoms with Crippen LogP contribution in [-0.4, -0.2) is 47.4 Å². The zero-order valence-corrected chi connectivity index (χ0v) is 39.7. The molecule has 2 unspecified atom stereocenters. The van der Waals surface area contributed by atoms with E-state index in [0.29, 0.717) is 25.9 Å². The minimum Gasteiger partial charge on any atom is -0.466 e. The fourth-order valence-electron chi connectivity index (χ4n) is 8.22. The number of allylic oxidation sites excluding steroid dienone is 2. The molecule has 2 atom stereocenters. The average Bonchev–Trinajstić information content (AvgIpc) is 3.24. The van der Waals surface area contributed by atoms with E-state index in [0.717, 1.165) is 44.9 Å². The number of hydrogen-bond acceptors (Lipinski definition) is 5. The molecule has 0 spiro atoms. The minimum atomic E-state index is -0.666. The molecule has 0 aromatic heterocycles. The Balaban J connectivity index is 3.41. The predicted octanol–water partition coefficient (Wildman–Crippen LogP) is 15.7. The van der Waals surface area contributed by atoms with Gasteiger partial charge in [0.2, 0.25) is 5.91 Å². The monoisotopic (exact) mass is 834 g/mol. The molecule has 0 aliphatic heterocycles. The summed E-state index contributed by atoms with van der Waals surface area (Å²) in [6, 6.07) is -0.543. The smallest absolute Gasteiger partial charge is 0.305 e. The second-order valence-electron chi connectivity index (χ2n) is 18.2. The summed E-state index contributed by atoms with van der Waals surface area (Å²) < 4.78 is 5.46. The fraction of sp³-hybridized carbons (Fsp3) is 0.925. The second-order valence-corrected chi connectivity index (χ2v) is 18.2. The zero-order valence-electron chi connectivity index (χ0n) is 39.7. The Morgan fingerprint density at radius 2 is 0.797 bits per heavy atom. The van der Waals surface area contributed by atoms with Gasteiger partial charge in [0, 0.05) is 12.8 Å². The Hall–Kier alpha value is -1.40. The highest BCUT2D eigenvalue weighted by Crippen LogP contribution is 2.17. The Morgan fingerprint density at radius 1 is 0.458 bits per heavy atom. The Kier molecular flexibility index (Phi) is 48.1. The molecule has 0 bridgehead atoms. The second kappa shape index (κ2) is 49.3. The number of carbonyl (C=O) groups excluding carboxylic acids is 2. The normalized spacial score (nSPS) is 12.7. The van der Waals surface area contributed by atoms with E-state index >= 15 is 0 Å². The van der Waals surface area contributed by atoms with E-state index in [-0.39, 0.29) is 18.5 Å². The lowest BCUT2D eigenvalue weighted by atomic mass is 10.0. The number of hydrogen-bond donors (Lipinski definition) is 3. The number of esters is 1. The van der Waals surface area contributed by atoms with Crippen LogP contribution in [0.25, 0.3) is 0 Å². The van der Waals surface area contributed by atoms with Gasteiger partial charge in [-0.15, -0.1) is 0 Å². The highest BCUT2D eigenvalue weighted by Gasteiger charge is 2.20. The molecule has 0 aromatic carbocycles. The van der Waals surface area contributed by atoms with Gasteiger partial charge in [-0.1, -0.05) is 238 Å². The molecule has 0 aromatic rings. The van der Waals surface area contributed by atoms with Crippen LogP contribution in [0.3, 0.4) is 0 Å². The van der Waals surface area contributed by atoms with Crippen molar-refractivity contribution in [2.75, 3.05) is 13.2 Å². The number of aliphatic hydroxyl groups is 2. The van der Waals surface area contributed by atoms with Crippen LogP contribution in [0.15, 0.2) is 12.2 Å². The van der Waals surface area contributed by atoms with Gasteiger partial charge in [-0.25, -0.2) is 0 Å². The molecule has 0 aliphatic rings. The van der Waals surface area contributed by atoms with Crippen LogP contribution in [-0.2, 0) is 14.3 Å². The Labute approximate surface area is 368 Å². The van der Waals surface area contributed by atoms with Crippen LogP contribution in [0.1, 0.15) is 290 Å². The summed E-state index contributed by atoms with van der Waals surface area (Å²) in [4.78, 5) is 24.4. The molecule has 59 heavy (non-hydrogen) atoms. The molecule has 0 heterocycles. The number of carbonyl (C=O) groups is 2. The number of amides is 1. The molecule has 0 rings (SSSR count). The molecular weight excluding hydrogens is 731 g/mol.